The summed E-state index contributed by atoms with van der Waals surface area (Å²) in [7, 11) is 0.817. The van der Waals surface area contributed by atoms with Crippen LogP contribution in [0.2, 0.25) is 0 Å². The van der Waals surface area contributed by atoms with E-state index >= 15 is 0 Å². The molecule has 0 aliphatic carbocycles. The first-order valence-electron chi connectivity index (χ1n) is 1.95. The molecule has 0 aromatic heterocycles. The van der Waals surface area contributed by atoms with Crippen LogP contribution in [0.5, 0.6) is 0 Å². The summed E-state index contributed by atoms with van der Waals surface area (Å²) in [5.41, 5.74) is 0. The SMILES string of the molecule is COC(F)=CC(F)(F)F. The standard InChI is InChI=1S/C4H4F4O/c1-9-3(5)2-4(6,7)8/h2H,1H3. The van der Waals surface area contributed by atoms with Gasteiger partial charge >= 0.3 is 6.18 Å². The van der Waals surface area contributed by atoms with Gasteiger partial charge in [-0.1, -0.05) is 0 Å². The van der Waals surface area contributed by atoms with E-state index in [1.54, 1.807) is 0 Å². The number of allylic oxidation sites excluding steroid dienone is 1. The minimum atomic E-state index is -4.64. The van der Waals surface area contributed by atoms with E-state index in [4.69, 9.17) is 0 Å². The Balaban J connectivity index is 3.95. The van der Waals surface area contributed by atoms with E-state index in [-0.39, 0.29) is 0 Å². The highest BCUT2D eigenvalue weighted by Gasteiger charge is 2.25. The van der Waals surface area contributed by atoms with Crippen molar-refractivity contribution in [2.45, 2.75) is 6.18 Å². The minimum absolute atomic E-state index is 0.562. The topological polar surface area (TPSA) is 9.23 Å². The van der Waals surface area contributed by atoms with Gasteiger partial charge in [-0.25, -0.2) is 0 Å². The second-order valence-corrected chi connectivity index (χ2v) is 1.19. The molecule has 54 valence electrons. The van der Waals surface area contributed by atoms with Crippen LogP contribution in [-0.4, -0.2) is 13.3 Å². The second-order valence-electron chi connectivity index (χ2n) is 1.19. The van der Waals surface area contributed by atoms with Crippen molar-refractivity contribution >= 4 is 0 Å². The minimum Gasteiger partial charge on any atom is -0.474 e. The van der Waals surface area contributed by atoms with Gasteiger partial charge in [-0.05, 0) is 0 Å². The van der Waals surface area contributed by atoms with Crippen molar-refractivity contribution in [3.8, 4) is 0 Å². The molecule has 0 saturated heterocycles. The average molecular weight is 144 g/mol. The molecule has 0 aliphatic rings. The largest absolute Gasteiger partial charge is 0.474 e. The Morgan fingerprint density at radius 1 is 1.44 bits per heavy atom. The summed E-state index contributed by atoms with van der Waals surface area (Å²) >= 11 is 0. The van der Waals surface area contributed by atoms with Crippen LogP contribution in [-0.2, 0) is 4.74 Å². The molecule has 1 nitrogen and oxygen atoms in total. The number of methoxy groups -OCH3 is 1. The number of alkyl halides is 3. The van der Waals surface area contributed by atoms with Crippen molar-refractivity contribution in [2.24, 2.45) is 0 Å². The van der Waals surface area contributed by atoms with Crippen LogP contribution in [0.1, 0.15) is 0 Å². The maximum absolute atomic E-state index is 11.5. The summed E-state index contributed by atoms with van der Waals surface area (Å²) in [4.78, 5) is 0. The van der Waals surface area contributed by atoms with Crippen LogP contribution < -0.4 is 0 Å². The molecule has 0 unspecified atom stereocenters. The third kappa shape index (κ3) is 5.13. The lowest BCUT2D eigenvalue weighted by Crippen LogP contribution is -2.02. The maximum atomic E-state index is 11.5. The van der Waals surface area contributed by atoms with E-state index in [9.17, 15) is 17.6 Å². The average Bonchev–Trinajstić information content (AvgIpc) is 1.62. The fourth-order valence-corrected chi connectivity index (χ4v) is 0.188. The summed E-state index contributed by atoms with van der Waals surface area (Å²) in [6.07, 6.45) is -5.20. The normalized spacial score (nSPS) is 13.7. The molecule has 0 N–H and O–H groups in total. The smallest absolute Gasteiger partial charge is 0.415 e. The van der Waals surface area contributed by atoms with Crippen LogP contribution >= 0.6 is 0 Å². The quantitative estimate of drug-likeness (QED) is 0.404. The van der Waals surface area contributed by atoms with Crippen molar-refractivity contribution in [1.29, 1.82) is 0 Å². The molecule has 0 aromatic carbocycles. The first kappa shape index (κ1) is 8.26. The molecular formula is C4H4F4O. The molecule has 0 atom stereocenters. The predicted octanol–water partition coefficient (Wildman–Crippen LogP) is 2.01. The van der Waals surface area contributed by atoms with Crippen LogP contribution in [0, 0.1) is 0 Å². The summed E-state index contributed by atoms with van der Waals surface area (Å²) in [5, 5.41) is 0. The Hall–Kier alpha value is -0.740. The number of rotatable bonds is 1. The van der Waals surface area contributed by atoms with Crippen molar-refractivity contribution in [3.63, 3.8) is 0 Å². The van der Waals surface area contributed by atoms with Crippen molar-refractivity contribution < 1.29 is 22.3 Å². The fraction of sp³-hybridized carbons (Fsp3) is 0.500. The zero-order chi connectivity index (χ0) is 7.49. The molecule has 5 heteroatoms. The third-order valence-electron chi connectivity index (χ3n) is 0.472. The van der Waals surface area contributed by atoms with Gasteiger partial charge in [-0.15, -0.1) is 0 Å². The van der Waals surface area contributed by atoms with E-state index in [1.165, 1.54) is 0 Å². The Morgan fingerprint density at radius 2 is 1.89 bits per heavy atom. The van der Waals surface area contributed by atoms with Gasteiger partial charge in [0.2, 0.25) is 0 Å². The number of hydrogen-bond donors (Lipinski definition) is 0. The molecule has 0 radical (unpaired) electrons. The summed E-state index contributed by atoms with van der Waals surface area (Å²) in [6, 6.07) is -1.64. The lowest BCUT2D eigenvalue weighted by Gasteiger charge is -1.97. The van der Waals surface area contributed by atoms with Crippen molar-refractivity contribution in [2.75, 3.05) is 7.11 Å². The molecule has 0 rings (SSSR count). The number of hydrogen-bond acceptors (Lipinski definition) is 1. The fourth-order valence-electron chi connectivity index (χ4n) is 0.188. The van der Waals surface area contributed by atoms with Crippen LogP contribution in [0.4, 0.5) is 17.6 Å². The van der Waals surface area contributed by atoms with Crippen molar-refractivity contribution in [3.05, 3.63) is 12.1 Å². The highest BCUT2D eigenvalue weighted by molar-refractivity contribution is 4.88. The zero-order valence-electron chi connectivity index (χ0n) is 4.50. The molecule has 0 bridgehead atoms. The lowest BCUT2D eigenvalue weighted by atomic mass is 10.6. The van der Waals surface area contributed by atoms with Gasteiger partial charge in [-0.3, -0.25) is 0 Å². The number of ether oxygens (including phenoxy) is 1. The molecule has 0 fully saturated rings. The molecule has 0 saturated carbocycles. The Bertz CT molecular complexity index is 114. The van der Waals surface area contributed by atoms with Crippen molar-refractivity contribution in [1.82, 2.24) is 0 Å². The van der Waals surface area contributed by atoms with E-state index in [0.29, 0.717) is 0 Å². The molecule has 0 spiro atoms. The molecule has 9 heavy (non-hydrogen) atoms. The number of halogens is 4. The molecule has 0 amide bonds. The maximum Gasteiger partial charge on any atom is 0.415 e. The monoisotopic (exact) mass is 144 g/mol. The van der Waals surface area contributed by atoms with Crippen LogP contribution in [0.25, 0.3) is 0 Å². The zero-order valence-corrected chi connectivity index (χ0v) is 4.50. The van der Waals surface area contributed by atoms with Gasteiger partial charge in [0.15, 0.2) is 0 Å². The first-order chi connectivity index (χ1) is 3.95. The molecule has 0 aromatic rings. The van der Waals surface area contributed by atoms with E-state index in [1.807, 2.05) is 0 Å². The predicted molar refractivity (Wildman–Crippen MR) is 22.3 cm³/mol. The third-order valence-corrected chi connectivity index (χ3v) is 0.472. The van der Waals surface area contributed by atoms with Gasteiger partial charge in [0.1, 0.15) is 0 Å². The van der Waals surface area contributed by atoms with E-state index < -0.39 is 18.3 Å². The molecular weight excluding hydrogens is 140 g/mol. The summed E-state index contributed by atoms with van der Waals surface area (Å²) in [5.74, 6) is 0. The van der Waals surface area contributed by atoms with Gasteiger partial charge in [0.25, 0.3) is 6.01 Å². The summed E-state index contributed by atoms with van der Waals surface area (Å²) in [6.45, 7) is 0. The van der Waals surface area contributed by atoms with E-state index in [2.05, 4.69) is 4.74 Å². The Morgan fingerprint density at radius 3 is 2.00 bits per heavy atom. The molecule has 0 aliphatic heterocycles. The van der Waals surface area contributed by atoms with Gasteiger partial charge in [-0.2, -0.15) is 17.6 Å². The highest BCUT2D eigenvalue weighted by Crippen LogP contribution is 2.18. The molecule has 0 heterocycles. The van der Waals surface area contributed by atoms with E-state index in [0.717, 1.165) is 7.11 Å². The summed E-state index contributed by atoms with van der Waals surface area (Å²) < 4.78 is 48.4. The lowest BCUT2D eigenvalue weighted by molar-refractivity contribution is -0.0844. The second kappa shape index (κ2) is 2.70. The van der Waals surface area contributed by atoms with Gasteiger partial charge in [0.05, 0.1) is 13.2 Å². The van der Waals surface area contributed by atoms with Crippen LogP contribution in [0.3, 0.4) is 0 Å². The highest BCUT2D eigenvalue weighted by atomic mass is 19.4. The van der Waals surface area contributed by atoms with Gasteiger partial charge in [0, 0.05) is 0 Å². The first-order valence-corrected chi connectivity index (χ1v) is 1.95. The van der Waals surface area contributed by atoms with Crippen LogP contribution in [0.15, 0.2) is 12.1 Å². The van der Waals surface area contributed by atoms with Gasteiger partial charge < -0.3 is 4.74 Å². The Kier molecular flexibility index (Phi) is 2.48. The Labute approximate surface area is 48.9 Å².